The molecule has 2 aromatic heterocycles. The first-order valence-corrected chi connectivity index (χ1v) is 11.7. The van der Waals surface area contributed by atoms with Crippen LogP contribution in [-0.4, -0.2) is 69.7 Å². The van der Waals surface area contributed by atoms with Crippen LogP contribution in [-0.2, 0) is 10.0 Å². The van der Waals surface area contributed by atoms with Gasteiger partial charge in [0, 0.05) is 26.2 Å². The maximum absolute atomic E-state index is 13.2. The molecule has 4 rings (SSSR count). The standard InChI is InChI=1S/C21H26N6O3S/c1-15-20(16(2)24-23-15)31(29,30)26-11-7-10-25(12-13-26)21(28)19-14-22-27(17(19)3)18-8-5-4-6-9-18/h4-6,8-9,14H,7,10-13H2,1-3H3,(H,23,24). The number of nitrogens with one attached hydrogen (secondary N) is 1. The van der Waals surface area contributed by atoms with Gasteiger partial charge in [0.1, 0.15) is 4.90 Å². The van der Waals surface area contributed by atoms with Crippen LogP contribution in [0.25, 0.3) is 5.69 Å². The van der Waals surface area contributed by atoms with Gasteiger partial charge in [0.25, 0.3) is 5.91 Å². The van der Waals surface area contributed by atoms with E-state index in [0.717, 1.165) is 11.4 Å². The van der Waals surface area contributed by atoms with Gasteiger partial charge in [0.05, 0.1) is 34.5 Å². The van der Waals surface area contributed by atoms with Crippen molar-refractivity contribution in [2.75, 3.05) is 26.2 Å². The number of benzene rings is 1. The van der Waals surface area contributed by atoms with Crippen molar-refractivity contribution in [1.29, 1.82) is 0 Å². The first kappa shape index (κ1) is 21.3. The molecule has 9 nitrogen and oxygen atoms in total. The Bertz CT molecular complexity index is 1180. The second kappa shape index (κ2) is 8.27. The Morgan fingerprint density at radius 3 is 2.45 bits per heavy atom. The van der Waals surface area contributed by atoms with Crippen LogP contribution in [0.2, 0.25) is 0 Å². The van der Waals surface area contributed by atoms with Gasteiger partial charge in [-0.2, -0.15) is 14.5 Å². The fourth-order valence-electron chi connectivity index (χ4n) is 4.01. The summed E-state index contributed by atoms with van der Waals surface area (Å²) in [5.74, 6) is -0.130. The van der Waals surface area contributed by atoms with Crippen molar-refractivity contribution in [2.24, 2.45) is 0 Å². The van der Waals surface area contributed by atoms with Crippen molar-refractivity contribution in [3.8, 4) is 5.69 Å². The summed E-state index contributed by atoms with van der Waals surface area (Å²) in [6.45, 7) is 6.66. The molecule has 0 bridgehead atoms. The summed E-state index contributed by atoms with van der Waals surface area (Å²) in [6, 6.07) is 9.64. The lowest BCUT2D eigenvalue weighted by Gasteiger charge is -2.22. The van der Waals surface area contributed by atoms with E-state index in [9.17, 15) is 13.2 Å². The number of nitrogens with zero attached hydrogens (tertiary/aromatic N) is 5. The molecule has 31 heavy (non-hydrogen) atoms. The molecule has 164 valence electrons. The number of rotatable bonds is 4. The number of amides is 1. The Balaban J connectivity index is 1.52. The number of aromatic nitrogens is 4. The van der Waals surface area contributed by atoms with E-state index in [0.29, 0.717) is 43.0 Å². The van der Waals surface area contributed by atoms with Gasteiger partial charge in [0.2, 0.25) is 10.0 Å². The van der Waals surface area contributed by atoms with E-state index in [-0.39, 0.29) is 17.3 Å². The maximum atomic E-state index is 13.2. The fourth-order valence-corrected chi connectivity index (χ4v) is 5.81. The van der Waals surface area contributed by atoms with E-state index >= 15 is 0 Å². The second-order valence-electron chi connectivity index (χ2n) is 7.70. The zero-order valence-electron chi connectivity index (χ0n) is 17.9. The molecule has 1 fully saturated rings. The average Bonchev–Trinajstić information content (AvgIpc) is 3.18. The third kappa shape index (κ3) is 3.88. The lowest BCUT2D eigenvalue weighted by molar-refractivity contribution is 0.0763. The Kier molecular flexibility index (Phi) is 5.67. The zero-order valence-corrected chi connectivity index (χ0v) is 18.7. The van der Waals surface area contributed by atoms with Crippen molar-refractivity contribution in [3.63, 3.8) is 0 Å². The Hall–Kier alpha value is -2.98. The minimum atomic E-state index is -3.67. The molecule has 1 aromatic carbocycles. The van der Waals surface area contributed by atoms with Crippen LogP contribution in [0.4, 0.5) is 0 Å². The normalized spacial score (nSPS) is 15.8. The van der Waals surface area contributed by atoms with Crippen LogP contribution in [0.1, 0.15) is 33.9 Å². The van der Waals surface area contributed by atoms with Crippen molar-refractivity contribution < 1.29 is 13.2 Å². The second-order valence-corrected chi connectivity index (χ2v) is 9.58. The van der Waals surface area contributed by atoms with Crippen molar-refractivity contribution >= 4 is 15.9 Å². The van der Waals surface area contributed by atoms with Crippen molar-refractivity contribution in [2.45, 2.75) is 32.1 Å². The number of hydrogen-bond donors (Lipinski definition) is 1. The predicted molar refractivity (Wildman–Crippen MR) is 116 cm³/mol. The summed E-state index contributed by atoms with van der Waals surface area (Å²) in [5, 5.41) is 11.1. The van der Waals surface area contributed by atoms with E-state index < -0.39 is 10.0 Å². The molecule has 1 aliphatic rings. The summed E-state index contributed by atoms with van der Waals surface area (Å²) in [4.78, 5) is 15.1. The van der Waals surface area contributed by atoms with Gasteiger partial charge in [-0.1, -0.05) is 18.2 Å². The highest BCUT2D eigenvalue weighted by molar-refractivity contribution is 7.89. The molecule has 0 atom stereocenters. The third-order valence-corrected chi connectivity index (χ3v) is 7.80. The first-order chi connectivity index (χ1) is 14.8. The van der Waals surface area contributed by atoms with Gasteiger partial charge >= 0.3 is 0 Å². The highest BCUT2D eigenvalue weighted by Gasteiger charge is 2.32. The molecular weight excluding hydrogens is 416 g/mol. The minimum Gasteiger partial charge on any atom is -0.337 e. The molecule has 3 aromatic rings. The van der Waals surface area contributed by atoms with Gasteiger partial charge in [-0.05, 0) is 39.3 Å². The first-order valence-electron chi connectivity index (χ1n) is 10.2. The topological polar surface area (TPSA) is 104 Å². The number of H-pyrrole nitrogens is 1. The van der Waals surface area contributed by atoms with Gasteiger partial charge in [0.15, 0.2) is 0 Å². The van der Waals surface area contributed by atoms with Crippen molar-refractivity contribution in [3.05, 3.63) is 59.2 Å². The minimum absolute atomic E-state index is 0.130. The number of aromatic amines is 1. The number of carbonyl (C=O) groups excluding carboxylic acids is 1. The summed E-state index contributed by atoms with van der Waals surface area (Å²) < 4.78 is 29.5. The van der Waals surface area contributed by atoms with Crippen LogP contribution >= 0.6 is 0 Å². The average molecular weight is 443 g/mol. The Morgan fingerprint density at radius 1 is 1.03 bits per heavy atom. The van der Waals surface area contributed by atoms with Crippen LogP contribution in [0.3, 0.4) is 0 Å². The van der Waals surface area contributed by atoms with Crippen LogP contribution < -0.4 is 0 Å². The van der Waals surface area contributed by atoms with E-state index in [4.69, 9.17) is 0 Å². The molecule has 1 amide bonds. The molecule has 1 saturated heterocycles. The number of carbonyl (C=O) groups is 1. The highest BCUT2D eigenvalue weighted by Crippen LogP contribution is 2.23. The van der Waals surface area contributed by atoms with Crippen molar-refractivity contribution in [1.82, 2.24) is 29.2 Å². The molecule has 1 aliphatic heterocycles. The predicted octanol–water partition coefficient (Wildman–Crippen LogP) is 2.06. The number of aryl methyl sites for hydroxylation is 2. The summed E-state index contributed by atoms with van der Waals surface area (Å²) in [6.07, 6.45) is 2.15. The van der Waals surface area contributed by atoms with Gasteiger partial charge in [-0.25, -0.2) is 13.1 Å². The van der Waals surface area contributed by atoms with E-state index in [2.05, 4.69) is 15.3 Å². The van der Waals surface area contributed by atoms with Gasteiger partial charge < -0.3 is 4.90 Å². The smallest absolute Gasteiger partial charge is 0.257 e. The molecule has 3 heterocycles. The van der Waals surface area contributed by atoms with Crippen LogP contribution in [0.15, 0.2) is 41.4 Å². The third-order valence-electron chi connectivity index (χ3n) is 5.64. The van der Waals surface area contributed by atoms with E-state index in [1.54, 1.807) is 29.6 Å². The van der Waals surface area contributed by atoms with Crippen LogP contribution in [0, 0.1) is 20.8 Å². The lowest BCUT2D eigenvalue weighted by Crippen LogP contribution is -2.37. The van der Waals surface area contributed by atoms with E-state index in [1.807, 2.05) is 37.3 Å². The molecule has 1 N–H and O–H groups in total. The number of hydrogen-bond acceptors (Lipinski definition) is 5. The highest BCUT2D eigenvalue weighted by atomic mass is 32.2. The van der Waals surface area contributed by atoms with Gasteiger partial charge in [-0.15, -0.1) is 0 Å². The monoisotopic (exact) mass is 442 g/mol. The number of sulfonamides is 1. The molecule has 0 aliphatic carbocycles. The largest absolute Gasteiger partial charge is 0.337 e. The molecule has 0 radical (unpaired) electrons. The summed E-state index contributed by atoms with van der Waals surface area (Å²) in [5.41, 5.74) is 3.16. The molecule has 0 saturated carbocycles. The van der Waals surface area contributed by atoms with E-state index in [1.165, 1.54) is 4.31 Å². The fraction of sp³-hybridized carbons (Fsp3) is 0.381. The molecule has 0 spiro atoms. The SMILES string of the molecule is Cc1n[nH]c(C)c1S(=O)(=O)N1CCCN(C(=O)c2cnn(-c3ccccc3)c2C)CC1. The number of para-hydroxylation sites is 1. The van der Waals surface area contributed by atoms with Crippen LogP contribution in [0.5, 0.6) is 0 Å². The molecular formula is C21H26N6O3S. The lowest BCUT2D eigenvalue weighted by atomic mass is 10.2. The maximum Gasteiger partial charge on any atom is 0.257 e. The Morgan fingerprint density at radius 2 is 1.77 bits per heavy atom. The quantitative estimate of drug-likeness (QED) is 0.666. The molecule has 0 unspecified atom stereocenters. The van der Waals surface area contributed by atoms with Gasteiger partial charge in [-0.3, -0.25) is 9.89 Å². The summed E-state index contributed by atoms with van der Waals surface area (Å²) in [7, 11) is -3.67. The summed E-state index contributed by atoms with van der Waals surface area (Å²) >= 11 is 0. The molecule has 10 heteroatoms. The Labute approximate surface area is 181 Å². The zero-order chi connectivity index (χ0) is 22.2.